The molecule has 0 spiro atoms. The third-order valence-electron chi connectivity index (χ3n) is 11.3. The van der Waals surface area contributed by atoms with Crippen molar-refractivity contribution in [1.82, 2.24) is 9.55 Å². The normalized spacial score (nSPS) is 14.9. The van der Waals surface area contributed by atoms with E-state index in [9.17, 15) is 0 Å². The van der Waals surface area contributed by atoms with Gasteiger partial charge < -0.3 is 4.57 Å². The zero-order chi connectivity index (χ0) is 36.0. The predicted octanol–water partition coefficient (Wildman–Crippen LogP) is 11.7. The van der Waals surface area contributed by atoms with Crippen LogP contribution in [0.4, 0.5) is 0 Å². The van der Waals surface area contributed by atoms with Crippen molar-refractivity contribution in [2.45, 2.75) is 6.92 Å². The minimum Gasteiger partial charge on any atom is -0.308 e. The maximum absolute atomic E-state index is 15.9. The van der Waals surface area contributed by atoms with Gasteiger partial charge in [-0.1, -0.05) is 146 Å². The first-order valence-electron chi connectivity index (χ1n) is 18.4. The zero-order valence-electron chi connectivity index (χ0n) is 29.6. The molecule has 1 aliphatic rings. The largest absolute Gasteiger partial charge is 0.308 e. The lowest BCUT2D eigenvalue weighted by atomic mass is 9.84. The van der Waals surface area contributed by atoms with E-state index in [-0.39, 0.29) is 0 Å². The molecule has 0 bridgehead atoms. The molecule has 2 heterocycles. The van der Waals surface area contributed by atoms with E-state index in [1.54, 1.807) is 0 Å². The van der Waals surface area contributed by atoms with E-state index in [0.717, 1.165) is 49.6 Å². The Hall–Kier alpha value is -6.54. The molecule has 0 aliphatic carbocycles. The summed E-state index contributed by atoms with van der Waals surface area (Å²) in [6.45, 7) is 2.03. The molecule has 0 fully saturated rings. The maximum atomic E-state index is 15.9. The Bertz CT molecular complexity index is 3200. The number of imidazole rings is 1. The molecule has 4 heteroatoms. The van der Waals surface area contributed by atoms with E-state index in [1.165, 1.54) is 54.6 Å². The summed E-state index contributed by atoms with van der Waals surface area (Å²) in [4.78, 5) is 4.91. The van der Waals surface area contributed by atoms with Gasteiger partial charge in [-0.3, -0.25) is 4.57 Å². The molecular weight excluding hydrogens is 676 g/mol. The van der Waals surface area contributed by atoms with Gasteiger partial charge in [0.1, 0.15) is 5.82 Å². The van der Waals surface area contributed by atoms with Crippen molar-refractivity contribution < 1.29 is 4.57 Å². The number of aromatic nitrogens is 2. The molecule has 54 heavy (non-hydrogen) atoms. The molecular formula is C50H33N2OP. The maximum Gasteiger partial charge on any atom is 0.175 e. The standard InChI is InChI=1S/C50H33N2OP/c1-32-51-44-21-12-22-46-50(44)52(32)45-28-26-37(31-47(45)54(46,53)39-17-6-3-7-18-39)36-25-27-42-43(30-36)49(38-24-23-33-13-8-9-16-35(33)29-38)41-20-11-10-19-40(41)48(42)34-14-4-2-5-15-34/h2-31H,1H3. The van der Waals surface area contributed by atoms with Crippen LogP contribution in [0.1, 0.15) is 5.82 Å². The van der Waals surface area contributed by atoms with Gasteiger partial charge >= 0.3 is 0 Å². The van der Waals surface area contributed by atoms with Gasteiger partial charge in [-0.25, -0.2) is 4.98 Å². The van der Waals surface area contributed by atoms with E-state index in [4.69, 9.17) is 4.98 Å². The molecule has 0 N–H and O–H groups in total. The average Bonchev–Trinajstić information content (AvgIpc) is 3.58. The van der Waals surface area contributed by atoms with Gasteiger partial charge in [-0.15, -0.1) is 0 Å². The summed E-state index contributed by atoms with van der Waals surface area (Å²) >= 11 is 0. The fraction of sp³-hybridized carbons (Fsp3) is 0.0200. The molecule has 0 amide bonds. The van der Waals surface area contributed by atoms with Crippen LogP contribution in [0, 0.1) is 6.92 Å². The number of nitrogens with zero attached hydrogens (tertiary/aromatic N) is 2. The smallest absolute Gasteiger partial charge is 0.175 e. The van der Waals surface area contributed by atoms with Crippen LogP contribution in [0.2, 0.25) is 0 Å². The highest BCUT2D eigenvalue weighted by atomic mass is 31.2. The Morgan fingerprint density at radius 3 is 1.89 bits per heavy atom. The molecule has 1 unspecified atom stereocenters. The van der Waals surface area contributed by atoms with Crippen molar-refractivity contribution in [2.24, 2.45) is 0 Å². The van der Waals surface area contributed by atoms with Crippen molar-refractivity contribution in [3.8, 4) is 39.1 Å². The Morgan fingerprint density at radius 1 is 0.463 bits per heavy atom. The van der Waals surface area contributed by atoms with E-state index in [2.05, 4.69) is 138 Å². The summed E-state index contributed by atoms with van der Waals surface area (Å²) in [6, 6.07) is 64.4. The Balaban J connectivity index is 1.21. The van der Waals surface area contributed by atoms with E-state index < -0.39 is 7.14 Å². The SMILES string of the molecule is Cc1nc2cccc3c2n1-c1ccc(-c2ccc4c(-c5ccccc5)c5ccccc5c(-c5ccc6ccccc6c5)c4c2)cc1P3(=O)c1ccccc1. The molecule has 254 valence electrons. The van der Waals surface area contributed by atoms with E-state index in [0.29, 0.717) is 0 Å². The first-order chi connectivity index (χ1) is 26.6. The summed E-state index contributed by atoms with van der Waals surface area (Å²) in [6.07, 6.45) is 0. The molecule has 10 aromatic rings. The predicted molar refractivity (Wildman–Crippen MR) is 228 cm³/mol. The topological polar surface area (TPSA) is 34.9 Å². The van der Waals surface area contributed by atoms with Crippen molar-refractivity contribution in [3.05, 3.63) is 188 Å². The Labute approximate surface area is 313 Å². The zero-order valence-corrected chi connectivity index (χ0v) is 30.5. The number of hydrogen-bond donors (Lipinski definition) is 0. The van der Waals surface area contributed by atoms with Crippen LogP contribution in [0.3, 0.4) is 0 Å². The third kappa shape index (κ3) is 4.43. The van der Waals surface area contributed by atoms with Crippen LogP contribution in [-0.2, 0) is 4.57 Å². The number of aryl methyl sites for hydroxylation is 1. The lowest BCUT2D eigenvalue weighted by Gasteiger charge is -2.29. The van der Waals surface area contributed by atoms with Gasteiger partial charge in [-0.2, -0.15) is 0 Å². The summed E-state index contributed by atoms with van der Waals surface area (Å²) in [5, 5.41) is 9.77. The number of hydrogen-bond acceptors (Lipinski definition) is 2. The van der Waals surface area contributed by atoms with Crippen molar-refractivity contribution >= 4 is 66.4 Å². The van der Waals surface area contributed by atoms with Crippen molar-refractivity contribution in [3.63, 3.8) is 0 Å². The van der Waals surface area contributed by atoms with Gasteiger partial charge in [0.25, 0.3) is 0 Å². The summed E-state index contributed by atoms with van der Waals surface area (Å²) in [5.74, 6) is 0.886. The molecule has 0 radical (unpaired) electrons. The summed E-state index contributed by atoms with van der Waals surface area (Å²) < 4.78 is 18.1. The first-order valence-corrected chi connectivity index (χ1v) is 20.1. The molecule has 9 aromatic carbocycles. The number of fused-ring (bicyclic) bond motifs is 5. The van der Waals surface area contributed by atoms with Crippen LogP contribution >= 0.6 is 7.14 Å². The third-order valence-corrected chi connectivity index (χ3v) is 14.4. The minimum atomic E-state index is -3.27. The number of benzene rings is 9. The van der Waals surface area contributed by atoms with Crippen LogP contribution < -0.4 is 15.9 Å². The summed E-state index contributed by atoms with van der Waals surface area (Å²) in [7, 11) is -3.27. The highest BCUT2D eigenvalue weighted by Gasteiger charge is 2.39. The van der Waals surface area contributed by atoms with Gasteiger partial charge in [-0.05, 0) is 109 Å². The second kappa shape index (κ2) is 11.7. The molecule has 0 saturated heterocycles. The molecule has 11 rings (SSSR count). The average molecular weight is 709 g/mol. The van der Waals surface area contributed by atoms with E-state index >= 15 is 4.57 Å². The Morgan fingerprint density at radius 2 is 1.09 bits per heavy atom. The van der Waals surface area contributed by atoms with Crippen LogP contribution in [0.25, 0.3) is 82.4 Å². The second-order valence-electron chi connectivity index (χ2n) is 14.3. The van der Waals surface area contributed by atoms with Crippen LogP contribution in [-0.4, -0.2) is 9.55 Å². The summed E-state index contributed by atoms with van der Waals surface area (Å²) in [5.41, 5.74) is 9.66. The second-order valence-corrected chi connectivity index (χ2v) is 17.0. The first kappa shape index (κ1) is 31.0. The lowest BCUT2D eigenvalue weighted by Crippen LogP contribution is -2.33. The molecule has 1 aliphatic heterocycles. The Kier molecular flexibility index (Phi) is 6.74. The highest BCUT2D eigenvalue weighted by Crippen LogP contribution is 2.50. The van der Waals surface area contributed by atoms with Gasteiger partial charge in [0.2, 0.25) is 0 Å². The van der Waals surface area contributed by atoms with Gasteiger partial charge in [0.05, 0.1) is 16.7 Å². The monoisotopic (exact) mass is 708 g/mol. The fourth-order valence-corrected chi connectivity index (χ4v) is 11.9. The number of para-hydroxylation sites is 1. The van der Waals surface area contributed by atoms with Crippen molar-refractivity contribution in [2.75, 3.05) is 0 Å². The van der Waals surface area contributed by atoms with E-state index in [1.807, 2.05) is 55.5 Å². The van der Waals surface area contributed by atoms with Crippen LogP contribution in [0.15, 0.2) is 182 Å². The molecule has 3 nitrogen and oxygen atoms in total. The lowest BCUT2D eigenvalue weighted by molar-refractivity contribution is 0.592. The minimum absolute atomic E-state index is 0.831. The number of rotatable bonds is 4. The van der Waals surface area contributed by atoms with Gasteiger partial charge in [0.15, 0.2) is 7.14 Å². The van der Waals surface area contributed by atoms with Gasteiger partial charge in [0, 0.05) is 15.9 Å². The van der Waals surface area contributed by atoms with Crippen molar-refractivity contribution in [1.29, 1.82) is 0 Å². The molecule has 1 atom stereocenters. The molecule has 0 saturated carbocycles. The highest BCUT2D eigenvalue weighted by molar-refractivity contribution is 7.86. The fourth-order valence-electron chi connectivity index (χ4n) is 8.89. The molecule has 1 aromatic heterocycles. The quantitative estimate of drug-likeness (QED) is 0.135. The van der Waals surface area contributed by atoms with Crippen LogP contribution in [0.5, 0.6) is 0 Å².